The summed E-state index contributed by atoms with van der Waals surface area (Å²) < 4.78 is 10.7. The SMILES string of the molecule is CC(C)CCNC(=O)CNCc1cccc2c1OCO2. The van der Waals surface area contributed by atoms with Gasteiger partial charge in [-0.3, -0.25) is 4.79 Å². The predicted molar refractivity (Wildman–Crippen MR) is 76.7 cm³/mol. The van der Waals surface area contributed by atoms with E-state index in [1.165, 1.54) is 0 Å². The highest BCUT2D eigenvalue weighted by atomic mass is 16.7. The number of ether oxygens (including phenoxy) is 2. The molecule has 0 saturated carbocycles. The number of rotatable bonds is 7. The molecule has 0 unspecified atom stereocenters. The Labute approximate surface area is 119 Å². The molecule has 0 bridgehead atoms. The highest BCUT2D eigenvalue weighted by Gasteiger charge is 2.16. The average molecular weight is 278 g/mol. The molecule has 1 aliphatic rings. The molecule has 0 atom stereocenters. The van der Waals surface area contributed by atoms with Crippen molar-refractivity contribution in [3.05, 3.63) is 23.8 Å². The third-order valence-corrected chi connectivity index (χ3v) is 3.12. The Balaban J connectivity index is 1.71. The third-order valence-electron chi connectivity index (χ3n) is 3.12. The van der Waals surface area contributed by atoms with E-state index in [2.05, 4.69) is 24.5 Å². The van der Waals surface area contributed by atoms with Gasteiger partial charge in [0.2, 0.25) is 12.7 Å². The van der Waals surface area contributed by atoms with Crippen molar-refractivity contribution in [2.75, 3.05) is 19.9 Å². The number of amides is 1. The Morgan fingerprint density at radius 2 is 2.20 bits per heavy atom. The lowest BCUT2D eigenvalue weighted by atomic mass is 10.1. The Bertz CT molecular complexity index is 460. The van der Waals surface area contributed by atoms with Crippen molar-refractivity contribution in [1.82, 2.24) is 10.6 Å². The van der Waals surface area contributed by atoms with Crippen LogP contribution < -0.4 is 20.1 Å². The van der Waals surface area contributed by atoms with Gasteiger partial charge < -0.3 is 20.1 Å². The van der Waals surface area contributed by atoms with E-state index in [-0.39, 0.29) is 12.7 Å². The van der Waals surface area contributed by atoms with Crippen LogP contribution >= 0.6 is 0 Å². The average Bonchev–Trinajstić information content (AvgIpc) is 2.87. The molecule has 1 heterocycles. The van der Waals surface area contributed by atoms with Crippen molar-refractivity contribution < 1.29 is 14.3 Å². The molecule has 2 N–H and O–H groups in total. The summed E-state index contributed by atoms with van der Waals surface area (Å²) in [6.07, 6.45) is 1.00. The highest BCUT2D eigenvalue weighted by Crippen LogP contribution is 2.35. The Kier molecular flexibility index (Phi) is 5.24. The first-order chi connectivity index (χ1) is 9.66. The smallest absolute Gasteiger partial charge is 0.233 e. The zero-order chi connectivity index (χ0) is 14.4. The molecule has 2 rings (SSSR count). The number of carbonyl (C=O) groups is 1. The summed E-state index contributed by atoms with van der Waals surface area (Å²) in [7, 11) is 0. The molecule has 0 spiro atoms. The maximum atomic E-state index is 11.6. The topological polar surface area (TPSA) is 59.6 Å². The molecule has 0 aromatic heterocycles. The summed E-state index contributed by atoms with van der Waals surface area (Å²) >= 11 is 0. The van der Waals surface area contributed by atoms with Crippen LogP contribution in [0.5, 0.6) is 11.5 Å². The van der Waals surface area contributed by atoms with E-state index in [9.17, 15) is 4.79 Å². The second-order valence-corrected chi connectivity index (χ2v) is 5.29. The molecule has 0 aliphatic carbocycles. The van der Waals surface area contributed by atoms with Crippen LogP contribution in [0.15, 0.2) is 18.2 Å². The van der Waals surface area contributed by atoms with E-state index in [1.807, 2.05) is 18.2 Å². The van der Waals surface area contributed by atoms with Gasteiger partial charge in [-0.15, -0.1) is 0 Å². The van der Waals surface area contributed by atoms with E-state index >= 15 is 0 Å². The van der Waals surface area contributed by atoms with E-state index in [1.54, 1.807) is 0 Å². The van der Waals surface area contributed by atoms with Crippen molar-refractivity contribution in [3.63, 3.8) is 0 Å². The second-order valence-electron chi connectivity index (χ2n) is 5.29. The molecule has 5 heteroatoms. The van der Waals surface area contributed by atoms with Gasteiger partial charge in [0.25, 0.3) is 0 Å². The number of nitrogens with one attached hydrogen (secondary N) is 2. The van der Waals surface area contributed by atoms with Crippen LogP contribution in [0.4, 0.5) is 0 Å². The summed E-state index contributed by atoms with van der Waals surface area (Å²) in [6, 6.07) is 5.77. The van der Waals surface area contributed by atoms with Crippen molar-refractivity contribution in [3.8, 4) is 11.5 Å². The van der Waals surface area contributed by atoms with Crippen LogP contribution in [0, 0.1) is 5.92 Å². The number of para-hydroxylation sites is 1. The van der Waals surface area contributed by atoms with E-state index < -0.39 is 0 Å². The molecule has 20 heavy (non-hydrogen) atoms. The molecule has 5 nitrogen and oxygen atoms in total. The van der Waals surface area contributed by atoms with Gasteiger partial charge in [-0.25, -0.2) is 0 Å². The zero-order valence-electron chi connectivity index (χ0n) is 12.1. The molecule has 0 saturated heterocycles. The number of hydrogen-bond donors (Lipinski definition) is 2. The number of hydrogen-bond acceptors (Lipinski definition) is 4. The molecular weight excluding hydrogens is 256 g/mol. The van der Waals surface area contributed by atoms with E-state index in [0.717, 1.165) is 30.0 Å². The molecule has 0 radical (unpaired) electrons. The van der Waals surface area contributed by atoms with Crippen LogP contribution in [0.1, 0.15) is 25.8 Å². The number of fused-ring (bicyclic) bond motifs is 1. The molecule has 110 valence electrons. The molecule has 1 aliphatic heterocycles. The van der Waals surface area contributed by atoms with Crippen molar-refractivity contribution in [2.45, 2.75) is 26.8 Å². The fraction of sp³-hybridized carbons (Fsp3) is 0.533. The lowest BCUT2D eigenvalue weighted by Crippen LogP contribution is -2.34. The minimum atomic E-state index is 0.0235. The van der Waals surface area contributed by atoms with Crippen molar-refractivity contribution >= 4 is 5.91 Å². The monoisotopic (exact) mass is 278 g/mol. The van der Waals surface area contributed by atoms with Crippen LogP contribution in [0.3, 0.4) is 0 Å². The molecule has 1 aromatic rings. The normalized spacial score (nSPS) is 12.8. The standard InChI is InChI=1S/C15H22N2O3/c1-11(2)6-7-17-14(18)9-16-8-12-4-3-5-13-15(12)20-10-19-13/h3-5,11,16H,6-10H2,1-2H3,(H,17,18). The lowest BCUT2D eigenvalue weighted by Gasteiger charge is -2.09. The summed E-state index contributed by atoms with van der Waals surface area (Å²) in [5.41, 5.74) is 1.01. The second kappa shape index (κ2) is 7.14. The van der Waals surface area contributed by atoms with Gasteiger partial charge in [0.1, 0.15) is 0 Å². The fourth-order valence-corrected chi connectivity index (χ4v) is 2.00. The van der Waals surface area contributed by atoms with Gasteiger partial charge in [-0.1, -0.05) is 26.0 Å². The first-order valence-corrected chi connectivity index (χ1v) is 7.01. The zero-order valence-corrected chi connectivity index (χ0v) is 12.1. The molecule has 0 fully saturated rings. The first-order valence-electron chi connectivity index (χ1n) is 7.01. The Hall–Kier alpha value is -1.75. The van der Waals surface area contributed by atoms with Crippen molar-refractivity contribution in [2.24, 2.45) is 5.92 Å². The minimum Gasteiger partial charge on any atom is -0.454 e. The maximum Gasteiger partial charge on any atom is 0.233 e. The van der Waals surface area contributed by atoms with Crippen LogP contribution in [-0.2, 0) is 11.3 Å². The van der Waals surface area contributed by atoms with Gasteiger partial charge in [0, 0.05) is 18.7 Å². The largest absolute Gasteiger partial charge is 0.454 e. The molecule has 1 aromatic carbocycles. The first kappa shape index (κ1) is 14.7. The third kappa shape index (κ3) is 4.13. The summed E-state index contributed by atoms with van der Waals surface area (Å²) in [5.74, 6) is 2.17. The molecule has 1 amide bonds. The summed E-state index contributed by atoms with van der Waals surface area (Å²) in [5, 5.41) is 6.02. The lowest BCUT2D eigenvalue weighted by molar-refractivity contribution is -0.120. The van der Waals surface area contributed by atoms with Gasteiger partial charge in [0.05, 0.1) is 6.54 Å². The van der Waals surface area contributed by atoms with Gasteiger partial charge in [-0.2, -0.15) is 0 Å². The highest BCUT2D eigenvalue weighted by molar-refractivity contribution is 5.77. The van der Waals surface area contributed by atoms with E-state index in [4.69, 9.17) is 9.47 Å². The van der Waals surface area contributed by atoms with Gasteiger partial charge in [0.15, 0.2) is 11.5 Å². The van der Waals surface area contributed by atoms with Gasteiger partial charge >= 0.3 is 0 Å². The molecular formula is C15H22N2O3. The minimum absolute atomic E-state index is 0.0235. The summed E-state index contributed by atoms with van der Waals surface area (Å²) in [6.45, 7) is 6.18. The fourth-order valence-electron chi connectivity index (χ4n) is 2.00. The quantitative estimate of drug-likeness (QED) is 0.796. The Morgan fingerprint density at radius 3 is 3.00 bits per heavy atom. The van der Waals surface area contributed by atoms with Gasteiger partial charge in [-0.05, 0) is 18.4 Å². The number of carbonyl (C=O) groups excluding carboxylic acids is 1. The van der Waals surface area contributed by atoms with Crippen LogP contribution in [0.25, 0.3) is 0 Å². The number of benzene rings is 1. The maximum absolute atomic E-state index is 11.6. The van der Waals surface area contributed by atoms with Crippen molar-refractivity contribution in [1.29, 1.82) is 0 Å². The van der Waals surface area contributed by atoms with E-state index in [0.29, 0.717) is 19.0 Å². The van der Waals surface area contributed by atoms with Crippen LogP contribution in [-0.4, -0.2) is 25.8 Å². The van der Waals surface area contributed by atoms with Crippen LogP contribution in [0.2, 0.25) is 0 Å². The predicted octanol–water partition coefficient (Wildman–Crippen LogP) is 1.67. The summed E-state index contributed by atoms with van der Waals surface area (Å²) in [4.78, 5) is 11.6. The Morgan fingerprint density at radius 1 is 1.35 bits per heavy atom.